The van der Waals surface area contributed by atoms with Crippen LogP contribution in [0.15, 0.2) is 42.0 Å². The first-order chi connectivity index (χ1) is 12.2. The number of aliphatic hydroxyl groups is 1. The van der Waals surface area contributed by atoms with Crippen LogP contribution in [-0.4, -0.2) is 40.9 Å². The fourth-order valence-corrected chi connectivity index (χ4v) is 3.18. The number of aryl methyl sites for hydroxylation is 1. The van der Waals surface area contributed by atoms with Gasteiger partial charge in [-0.1, -0.05) is 42.0 Å². The molecule has 0 bridgehead atoms. The molecule has 0 aromatic heterocycles. The maximum Gasteiger partial charge on any atom is 0.410 e. The third kappa shape index (κ3) is 6.83. The molecule has 0 saturated carbocycles. The minimum atomic E-state index is -0.490. The average molecular weight is 360 g/mol. The third-order valence-corrected chi connectivity index (χ3v) is 4.77. The Bertz CT molecular complexity index is 604. The molecule has 1 aromatic carbocycles. The predicted molar refractivity (Wildman–Crippen MR) is 105 cm³/mol. The number of benzene rings is 1. The number of amides is 1. The van der Waals surface area contributed by atoms with Gasteiger partial charge in [0.25, 0.3) is 0 Å². The normalized spacial score (nSPS) is 21.6. The Balaban J connectivity index is 1.85. The molecule has 1 saturated heterocycles. The van der Waals surface area contributed by atoms with Gasteiger partial charge in [0.15, 0.2) is 0 Å². The van der Waals surface area contributed by atoms with Crippen molar-refractivity contribution in [1.29, 1.82) is 0 Å². The molecule has 2 atom stereocenters. The Morgan fingerprint density at radius 3 is 2.65 bits per heavy atom. The lowest BCUT2D eigenvalue weighted by molar-refractivity contribution is -0.00775. The SMILES string of the molecule is C/C(=C\C[C@@H]1CN(C(=O)OC(C)(C)C)CC[C@H]1O)CCc1ccccc1. The number of aliphatic hydroxyl groups excluding tert-OH is 1. The molecule has 0 spiro atoms. The summed E-state index contributed by atoms with van der Waals surface area (Å²) < 4.78 is 5.46. The van der Waals surface area contributed by atoms with Crippen LogP contribution in [0.2, 0.25) is 0 Å². The summed E-state index contributed by atoms with van der Waals surface area (Å²) in [4.78, 5) is 14.0. The first-order valence-electron chi connectivity index (χ1n) is 9.60. The lowest BCUT2D eigenvalue weighted by Crippen LogP contribution is -2.47. The van der Waals surface area contributed by atoms with Crippen molar-refractivity contribution >= 4 is 6.09 Å². The second-order valence-electron chi connectivity index (χ2n) is 8.31. The van der Waals surface area contributed by atoms with Gasteiger partial charge in [0.1, 0.15) is 5.60 Å². The average Bonchev–Trinajstić information content (AvgIpc) is 2.58. The number of hydrogen-bond acceptors (Lipinski definition) is 3. The third-order valence-electron chi connectivity index (χ3n) is 4.77. The number of carbonyl (C=O) groups is 1. The van der Waals surface area contributed by atoms with E-state index in [1.165, 1.54) is 11.1 Å². The van der Waals surface area contributed by atoms with Crippen LogP contribution in [0.3, 0.4) is 0 Å². The van der Waals surface area contributed by atoms with E-state index in [0.29, 0.717) is 19.5 Å². The van der Waals surface area contributed by atoms with Crippen LogP contribution in [0, 0.1) is 5.92 Å². The van der Waals surface area contributed by atoms with Gasteiger partial charge in [-0.05, 0) is 58.9 Å². The number of nitrogens with zero attached hydrogens (tertiary/aromatic N) is 1. The zero-order chi connectivity index (χ0) is 19.2. The summed E-state index contributed by atoms with van der Waals surface area (Å²) in [6.45, 7) is 8.88. The predicted octanol–water partition coefficient (Wildman–Crippen LogP) is 4.57. The molecule has 1 aromatic rings. The van der Waals surface area contributed by atoms with Crippen molar-refractivity contribution in [3.05, 3.63) is 47.5 Å². The summed E-state index contributed by atoms with van der Waals surface area (Å²) in [7, 11) is 0. The van der Waals surface area contributed by atoms with Gasteiger partial charge in [0.2, 0.25) is 0 Å². The molecule has 1 amide bonds. The fraction of sp³-hybridized carbons (Fsp3) is 0.591. The van der Waals surface area contributed by atoms with Gasteiger partial charge < -0.3 is 14.7 Å². The van der Waals surface area contributed by atoms with Gasteiger partial charge in [-0.15, -0.1) is 0 Å². The highest BCUT2D eigenvalue weighted by Crippen LogP contribution is 2.24. The van der Waals surface area contributed by atoms with Crippen molar-refractivity contribution in [1.82, 2.24) is 4.90 Å². The zero-order valence-electron chi connectivity index (χ0n) is 16.6. The number of likely N-dealkylation sites (tertiary alicyclic amines) is 1. The van der Waals surface area contributed by atoms with Gasteiger partial charge in [0.05, 0.1) is 6.10 Å². The molecule has 4 nitrogen and oxygen atoms in total. The van der Waals surface area contributed by atoms with Crippen molar-refractivity contribution in [2.24, 2.45) is 5.92 Å². The quantitative estimate of drug-likeness (QED) is 0.783. The molecule has 26 heavy (non-hydrogen) atoms. The van der Waals surface area contributed by atoms with Crippen LogP contribution in [0.25, 0.3) is 0 Å². The summed E-state index contributed by atoms with van der Waals surface area (Å²) in [6.07, 6.45) is 5.03. The van der Waals surface area contributed by atoms with Gasteiger partial charge in [-0.2, -0.15) is 0 Å². The lowest BCUT2D eigenvalue weighted by Gasteiger charge is -2.36. The van der Waals surface area contributed by atoms with Crippen molar-refractivity contribution < 1.29 is 14.6 Å². The van der Waals surface area contributed by atoms with E-state index in [1.54, 1.807) is 4.90 Å². The second-order valence-corrected chi connectivity index (χ2v) is 8.31. The molecule has 1 aliphatic rings. The molecule has 1 N–H and O–H groups in total. The Morgan fingerprint density at radius 2 is 2.00 bits per heavy atom. The van der Waals surface area contributed by atoms with Crippen LogP contribution >= 0.6 is 0 Å². The molecule has 0 radical (unpaired) electrons. The van der Waals surface area contributed by atoms with Crippen molar-refractivity contribution in [3.63, 3.8) is 0 Å². The van der Waals surface area contributed by atoms with E-state index in [2.05, 4.69) is 37.3 Å². The minimum Gasteiger partial charge on any atom is -0.444 e. The number of piperidine rings is 1. The van der Waals surface area contributed by atoms with E-state index in [-0.39, 0.29) is 18.1 Å². The molecule has 0 aliphatic carbocycles. The largest absolute Gasteiger partial charge is 0.444 e. The van der Waals surface area contributed by atoms with Crippen LogP contribution in [-0.2, 0) is 11.2 Å². The van der Waals surface area contributed by atoms with E-state index in [4.69, 9.17) is 4.74 Å². The van der Waals surface area contributed by atoms with Gasteiger partial charge in [0, 0.05) is 19.0 Å². The monoisotopic (exact) mass is 359 g/mol. The van der Waals surface area contributed by atoms with Crippen molar-refractivity contribution in [3.8, 4) is 0 Å². The molecular formula is C22H33NO3. The first kappa shape index (κ1) is 20.5. The van der Waals surface area contributed by atoms with Gasteiger partial charge in [-0.25, -0.2) is 4.79 Å². The van der Waals surface area contributed by atoms with Crippen molar-refractivity contribution in [2.45, 2.75) is 65.1 Å². The van der Waals surface area contributed by atoms with Crippen LogP contribution in [0.5, 0.6) is 0 Å². The van der Waals surface area contributed by atoms with Crippen LogP contribution in [0.4, 0.5) is 4.79 Å². The molecule has 144 valence electrons. The Kier molecular flexibility index (Phi) is 7.27. The number of allylic oxidation sites excluding steroid dienone is 2. The van der Waals surface area contributed by atoms with Crippen LogP contribution in [0.1, 0.15) is 52.5 Å². The smallest absolute Gasteiger partial charge is 0.410 e. The zero-order valence-corrected chi connectivity index (χ0v) is 16.6. The minimum absolute atomic E-state index is 0.0722. The number of ether oxygens (including phenoxy) is 1. The summed E-state index contributed by atoms with van der Waals surface area (Å²) in [5, 5.41) is 10.3. The second kappa shape index (κ2) is 9.22. The molecule has 1 heterocycles. The maximum atomic E-state index is 12.3. The molecule has 1 aliphatic heterocycles. The highest BCUT2D eigenvalue weighted by Gasteiger charge is 2.31. The summed E-state index contributed by atoms with van der Waals surface area (Å²) in [5.74, 6) is 0.0722. The molecular weight excluding hydrogens is 326 g/mol. The molecule has 1 fully saturated rings. The molecule has 4 heteroatoms. The van der Waals surface area contributed by atoms with Gasteiger partial charge >= 0.3 is 6.09 Å². The lowest BCUT2D eigenvalue weighted by atomic mass is 9.90. The van der Waals surface area contributed by atoms with E-state index in [9.17, 15) is 9.90 Å². The van der Waals surface area contributed by atoms with Crippen LogP contribution < -0.4 is 0 Å². The summed E-state index contributed by atoms with van der Waals surface area (Å²) in [5.41, 5.74) is 2.18. The maximum absolute atomic E-state index is 12.3. The Labute approximate surface area is 157 Å². The summed E-state index contributed by atoms with van der Waals surface area (Å²) >= 11 is 0. The highest BCUT2D eigenvalue weighted by atomic mass is 16.6. The number of rotatable bonds is 5. The van der Waals surface area contributed by atoms with Gasteiger partial charge in [-0.3, -0.25) is 0 Å². The standard InChI is InChI=1S/C22H33NO3/c1-17(10-12-18-8-6-5-7-9-18)11-13-19-16-23(15-14-20(19)24)21(25)26-22(2,3)4/h5-9,11,19-20,24H,10,12-16H2,1-4H3/b17-11+/t19-,20-/m1/s1. The fourth-order valence-electron chi connectivity index (χ4n) is 3.18. The Hall–Kier alpha value is -1.81. The summed E-state index contributed by atoms with van der Waals surface area (Å²) in [6, 6.07) is 10.5. The topological polar surface area (TPSA) is 49.8 Å². The van der Waals surface area contributed by atoms with E-state index < -0.39 is 5.60 Å². The van der Waals surface area contributed by atoms with Crippen molar-refractivity contribution in [2.75, 3.05) is 13.1 Å². The molecule has 0 unspecified atom stereocenters. The Morgan fingerprint density at radius 1 is 1.31 bits per heavy atom. The first-order valence-corrected chi connectivity index (χ1v) is 9.60. The van der Waals surface area contributed by atoms with E-state index in [0.717, 1.165) is 19.3 Å². The number of hydrogen-bond donors (Lipinski definition) is 1. The van der Waals surface area contributed by atoms with E-state index >= 15 is 0 Å². The molecule has 2 rings (SSSR count). The van der Waals surface area contributed by atoms with E-state index in [1.807, 2.05) is 26.8 Å². The highest BCUT2D eigenvalue weighted by molar-refractivity contribution is 5.68. The number of carbonyl (C=O) groups excluding carboxylic acids is 1.